The average molecular weight is 362 g/mol. The number of nitrogens with zero attached hydrogens (tertiary/aromatic N) is 4. The predicted molar refractivity (Wildman–Crippen MR) is 97.2 cm³/mol. The Morgan fingerprint density at radius 2 is 2.08 bits per heavy atom. The van der Waals surface area contributed by atoms with E-state index in [0.29, 0.717) is 30.5 Å². The Balaban J connectivity index is 2.10. The van der Waals surface area contributed by atoms with Crippen LogP contribution in [0.4, 0.5) is 5.95 Å². The lowest BCUT2D eigenvalue weighted by atomic mass is 10.1. The molecule has 0 saturated heterocycles. The van der Waals surface area contributed by atoms with Gasteiger partial charge in [-0.15, -0.1) is 0 Å². The Labute approximate surface area is 153 Å². The van der Waals surface area contributed by atoms with Crippen molar-refractivity contribution in [2.75, 3.05) is 19.0 Å². The highest BCUT2D eigenvalue weighted by atomic mass is 16.5. The molecular weight excluding hydrogens is 336 g/mol. The van der Waals surface area contributed by atoms with Crippen molar-refractivity contribution < 1.29 is 14.3 Å². The monoisotopic (exact) mass is 362 g/mol. The number of hydrogen-bond donors (Lipinski definition) is 2. The van der Waals surface area contributed by atoms with Crippen molar-refractivity contribution in [1.82, 2.24) is 25.5 Å². The number of methoxy groups -OCH3 is 1. The molecule has 9 nitrogen and oxygen atoms in total. The van der Waals surface area contributed by atoms with Gasteiger partial charge in [-0.05, 0) is 44.2 Å². The molecule has 0 aliphatic heterocycles. The maximum absolute atomic E-state index is 12.0. The van der Waals surface area contributed by atoms with E-state index in [1.54, 1.807) is 17.9 Å². The van der Waals surface area contributed by atoms with Crippen LogP contribution in [0.15, 0.2) is 18.2 Å². The molecule has 2 rings (SSSR count). The highest BCUT2D eigenvalue weighted by Crippen LogP contribution is 2.31. The second kappa shape index (κ2) is 8.50. The number of anilines is 1. The normalized spacial score (nSPS) is 11.1. The molecule has 2 aromatic rings. The van der Waals surface area contributed by atoms with Crippen molar-refractivity contribution in [3.05, 3.63) is 23.8 Å². The van der Waals surface area contributed by atoms with Crippen LogP contribution in [-0.4, -0.2) is 45.4 Å². The summed E-state index contributed by atoms with van der Waals surface area (Å²) in [6.07, 6.45) is 0. The fourth-order valence-electron chi connectivity index (χ4n) is 2.34. The summed E-state index contributed by atoms with van der Waals surface area (Å²) >= 11 is 0. The van der Waals surface area contributed by atoms with Gasteiger partial charge >= 0.3 is 0 Å². The molecule has 0 aliphatic carbocycles. The van der Waals surface area contributed by atoms with Gasteiger partial charge in [-0.2, -0.15) is 0 Å². The molecule has 0 unspecified atom stereocenters. The summed E-state index contributed by atoms with van der Waals surface area (Å²) in [7, 11) is 1.56. The van der Waals surface area contributed by atoms with Crippen molar-refractivity contribution in [3.63, 3.8) is 0 Å². The Kier molecular flexibility index (Phi) is 6.37. The minimum atomic E-state index is -0.317. The maximum Gasteiger partial charge on any atom is 0.258 e. The second-order valence-electron chi connectivity index (χ2n) is 6.71. The molecule has 9 heteroatoms. The molecule has 0 bridgehead atoms. The van der Waals surface area contributed by atoms with Crippen molar-refractivity contribution in [2.24, 2.45) is 0 Å². The zero-order valence-electron chi connectivity index (χ0n) is 15.9. The van der Waals surface area contributed by atoms with E-state index < -0.39 is 0 Å². The molecule has 0 radical (unpaired) electrons. The molecule has 0 spiro atoms. The van der Waals surface area contributed by atoms with Crippen LogP contribution in [0.3, 0.4) is 0 Å². The van der Waals surface area contributed by atoms with Crippen LogP contribution in [0.5, 0.6) is 11.5 Å². The molecule has 1 aromatic heterocycles. The number of hydrogen-bond acceptors (Lipinski definition) is 7. The van der Waals surface area contributed by atoms with Gasteiger partial charge < -0.3 is 20.1 Å². The third-order valence-corrected chi connectivity index (χ3v) is 3.41. The van der Waals surface area contributed by atoms with Crippen LogP contribution in [-0.2, 0) is 17.9 Å². The Morgan fingerprint density at radius 3 is 2.73 bits per heavy atom. The SMILES string of the molecule is CCn1nnnc1NCc1cccc(OC)c1OCC(=O)NC(C)(C)C. The number of aromatic nitrogens is 4. The van der Waals surface area contributed by atoms with Crippen molar-refractivity contribution >= 4 is 11.9 Å². The number of benzene rings is 1. The first-order valence-electron chi connectivity index (χ1n) is 8.43. The minimum Gasteiger partial charge on any atom is -0.493 e. The van der Waals surface area contributed by atoms with Gasteiger partial charge in [-0.25, -0.2) is 4.68 Å². The summed E-state index contributed by atoms with van der Waals surface area (Å²) in [5.74, 6) is 1.44. The number of tetrazole rings is 1. The number of para-hydroxylation sites is 1. The zero-order valence-corrected chi connectivity index (χ0v) is 15.9. The Hall–Kier alpha value is -2.84. The molecule has 0 saturated carbocycles. The highest BCUT2D eigenvalue weighted by molar-refractivity contribution is 5.78. The Bertz CT molecular complexity index is 738. The quantitative estimate of drug-likeness (QED) is 0.735. The van der Waals surface area contributed by atoms with Crippen LogP contribution < -0.4 is 20.1 Å². The molecule has 1 amide bonds. The first kappa shape index (κ1) is 19.5. The highest BCUT2D eigenvalue weighted by Gasteiger charge is 2.17. The molecule has 142 valence electrons. The third kappa shape index (κ3) is 5.33. The van der Waals surface area contributed by atoms with Gasteiger partial charge in [0.25, 0.3) is 5.91 Å². The smallest absolute Gasteiger partial charge is 0.258 e. The summed E-state index contributed by atoms with van der Waals surface area (Å²) in [5.41, 5.74) is 0.515. The molecule has 0 fully saturated rings. The van der Waals surface area contributed by atoms with Crippen LogP contribution in [0.2, 0.25) is 0 Å². The fourth-order valence-corrected chi connectivity index (χ4v) is 2.34. The number of rotatable bonds is 8. The predicted octanol–water partition coefficient (Wildman–Crippen LogP) is 1.61. The standard InChI is InChI=1S/C17H26N6O3/c1-6-23-16(20-21-22-23)18-10-12-8-7-9-13(25-5)15(12)26-11-14(24)19-17(2,3)4/h7-9H,6,10-11H2,1-5H3,(H,19,24)(H,18,20,22). The maximum atomic E-state index is 12.0. The molecule has 2 N–H and O–H groups in total. The largest absolute Gasteiger partial charge is 0.493 e. The van der Waals surface area contributed by atoms with E-state index in [9.17, 15) is 4.79 Å². The number of carbonyl (C=O) groups is 1. The van der Waals surface area contributed by atoms with Gasteiger partial charge in [0.05, 0.1) is 7.11 Å². The lowest BCUT2D eigenvalue weighted by Gasteiger charge is -2.21. The van der Waals surface area contributed by atoms with Gasteiger partial charge in [0.15, 0.2) is 18.1 Å². The van der Waals surface area contributed by atoms with E-state index in [-0.39, 0.29) is 18.1 Å². The number of ether oxygens (including phenoxy) is 2. The van der Waals surface area contributed by atoms with Gasteiger partial charge in [0.1, 0.15) is 0 Å². The van der Waals surface area contributed by atoms with Gasteiger partial charge in [-0.1, -0.05) is 17.2 Å². The number of aryl methyl sites for hydroxylation is 1. The van der Waals surface area contributed by atoms with E-state index in [2.05, 4.69) is 26.2 Å². The van der Waals surface area contributed by atoms with Crippen LogP contribution in [0.1, 0.15) is 33.3 Å². The molecule has 1 heterocycles. The van der Waals surface area contributed by atoms with Crippen LogP contribution >= 0.6 is 0 Å². The first-order chi connectivity index (χ1) is 12.3. The molecule has 0 atom stereocenters. The lowest BCUT2D eigenvalue weighted by molar-refractivity contribution is -0.124. The van der Waals surface area contributed by atoms with E-state index in [1.165, 1.54) is 0 Å². The van der Waals surface area contributed by atoms with E-state index >= 15 is 0 Å². The third-order valence-electron chi connectivity index (χ3n) is 3.41. The topological polar surface area (TPSA) is 103 Å². The molecule has 26 heavy (non-hydrogen) atoms. The van der Waals surface area contributed by atoms with Crippen molar-refractivity contribution in [2.45, 2.75) is 46.3 Å². The number of amides is 1. The second-order valence-corrected chi connectivity index (χ2v) is 6.71. The number of carbonyl (C=O) groups excluding carboxylic acids is 1. The summed E-state index contributed by atoms with van der Waals surface area (Å²) in [4.78, 5) is 12.0. The van der Waals surface area contributed by atoms with Crippen LogP contribution in [0.25, 0.3) is 0 Å². The fraction of sp³-hybridized carbons (Fsp3) is 0.529. The van der Waals surface area contributed by atoms with Crippen molar-refractivity contribution in [1.29, 1.82) is 0 Å². The number of nitrogens with one attached hydrogen (secondary N) is 2. The first-order valence-corrected chi connectivity index (χ1v) is 8.43. The summed E-state index contributed by atoms with van der Waals surface area (Å²) in [6, 6.07) is 5.55. The summed E-state index contributed by atoms with van der Waals surface area (Å²) in [5, 5.41) is 17.5. The molecule has 0 aliphatic rings. The lowest BCUT2D eigenvalue weighted by Crippen LogP contribution is -2.43. The van der Waals surface area contributed by atoms with Crippen molar-refractivity contribution in [3.8, 4) is 11.5 Å². The van der Waals surface area contributed by atoms with Gasteiger partial charge in [0.2, 0.25) is 5.95 Å². The summed E-state index contributed by atoms with van der Waals surface area (Å²) < 4.78 is 12.8. The molecule has 1 aromatic carbocycles. The average Bonchev–Trinajstić information content (AvgIpc) is 3.04. The molecular formula is C17H26N6O3. The zero-order chi connectivity index (χ0) is 19.2. The van der Waals surface area contributed by atoms with E-state index in [0.717, 1.165) is 5.56 Å². The van der Waals surface area contributed by atoms with E-state index in [4.69, 9.17) is 9.47 Å². The van der Waals surface area contributed by atoms with Gasteiger partial charge in [0, 0.05) is 24.2 Å². The summed E-state index contributed by atoms with van der Waals surface area (Å²) in [6.45, 7) is 8.69. The van der Waals surface area contributed by atoms with Gasteiger partial charge in [-0.3, -0.25) is 4.79 Å². The minimum absolute atomic E-state index is 0.0999. The Morgan fingerprint density at radius 1 is 1.31 bits per heavy atom. The van der Waals surface area contributed by atoms with Crippen LogP contribution in [0, 0.1) is 0 Å². The van der Waals surface area contributed by atoms with E-state index in [1.807, 2.05) is 39.8 Å².